The smallest absolute Gasteiger partial charge is 0.413 e. The Morgan fingerprint density at radius 1 is 0.809 bits per heavy atom. The van der Waals surface area contributed by atoms with Gasteiger partial charge in [0.25, 0.3) is 5.91 Å². The van der Waals surface area contributed by atoms with E-state index in [2.05, 4.69) is 25.6 Å². The number of ether oxygens (including phenoxy) is 5. The standard InChI is InChI=1S/C31H30N6O10/c1-17(38)43-15-22-24(45-18(2)39)25(46-19(3)40)29(47-22)37-16-32-23-26(34-31(42)44-14-20-10-6-4-7-11-20)33-30(35-27(23)37)36-28(41)21-12-8-5-9-13-21/h4-13,16,22,24-25,29H,14-15H2,1-3H3,(H2,33,34,35,36,41,42)/t22-,24-,25-,29-/m1/s1. The fourth-order valence-electron chi connectivity index (χ4n) is 4.78. The molecule has 4 atom stereocenters. The zero-order valence-corrected chi connectivity index (χ0v) is 25.4. The Kier molecular flexibility index (Phi) is 10.0. The van der Waals surface area contributed by atoms with E-state index in [0.29, 0.717) is 5.56 Å². The average molecular weight is 647 g/mol. The van der Waals surface area contributed by atoms with E-state index in [1.54, 1.807) is 54.6 Å². The van der Waals surface area contributed by atoms with Crippen molar-refractivity contribution >= 4 is 52.8 Å². The molecule has 0 radical (unpaired) electrons. The van der Waals surface area contributed by atoms with Crippen molar-refractivity contribution in [3.05, 3.63) is 78.1 Å². The maximum absolute atomic E-state index is 13.0. The van der Waals surface area contributed by atoms with Crippen molar-refractivity contribution in [2.75, 3.05) is 17.2 Å². The third kappa shape index (κ3) is 8.04. The lowest BCUT2D eigenvalue weighted by Gasteiger charge is -2.23. The molecule has 0 saturated carbocycles. The second-order valence-electron chi connectivity index (χ2n) is 10.2. The predicted molar refractivity (Wildman–Crippen MR) is 162 cm³/mol. The lowest BCUT2D eigenvalue weighted by atomic mass is 10.1. The number of aromatic nitrogens is 4. The molecule has 16 heteroatoms. The highest BCUT2D eigenvalue weighted by Crippen LogP contribution is 2.37. The third-order valence-electron chi connectivity index (χ3n) is 6.73. The quantitative estimate of drug-likeness (QED) is 0.188. The van der Waals surface area contributed by atoms with Crippen LogP contribution in [0.25, 0.3) is 11.2 Å². The highest BCUT2D eigenvalue weighted by Gasteiger charge is 2.51. The van der Waals surface area contributed by atoms with Gasteiger partial charge in [-0.15, -0.1) is 0 Å². The van der Waals surface area contributed by atoms with Crippen molar-refractivity contribution < 1.29 is 47.7 Å². The largest absolute Gasteiger partial charge is 0.463 e. The molecule has 2 N–H and O–H groups in total. The maximum Gasteiger partial charge on any atom is 0.413 e. The second kappa shape index (κ2) is 14.5. The summed E-state index contributed by atoms with van der Waals surface area (Å²) < 4.78 is 28.9. The molecule has 1 aliphatic rings. The van der Waals surface area contributed by atoms with Crippen molar-refractivity contribution in [1.29, 1.82) is 0 Å². The molecule has 2 aromatic heterocycles. The molecule has 1 saturated heterocycles. The van der Waals surface area contributed by atoms with Gasteiger partial charge in [-0.05, 0) is 17.7 Å². The summed E-state index contributed by atoms with van der Waals surface area (Å²) in [5, 5.41) is 5.14. The minimum atomic E-state index is -1.25. The number of hydrogen-bond donors (Lipinski definition) is 2. The number of carbonyl (C=O) groups excluding carboxylic acids is 5. The van der Waals surface area contributed by atoms with Gasteiger partial charge >= 0.3 is 24.0 Å². The molecular formula is C31H30N6O10. The third-order valence-corrected chi connectivity index (χ3v) is 6.73. The Labute approximate surface area is 267 Å². The number of benzene rings is 2. The molecule has 4 aromatic rings. The molecule has 16 nitrogen and oxygen atoms in total. The molecular weight excluding hydrogens is 616 g/mol. The first-order valence-electron chi connectivity index (χ1n) is 14.3. The van der Waals surface area contributed by atoms with Gasteiger partial charge in [0.2, 0.25) is 5.95 Å². The zero-order valence-electron chi connectivity index (χ0n) is 25.4. The fourth-order valence-corrected chi connectivity index (χ4v) is 4.78. The Hall–Kier alpha value is -5.90. The Bertz CT molecular complexity index is 1780. The summed E-state index contributed by atoms with van der Waals surface area (Å²) >= 11 is 0. The maximum atomic E-state index is 13.0. The van der Waals surface area contributed by atoms with Gasteiger partial charge in [0.1, 0.15) is 19.3 Å². The number of fused-ring (bicyclic) bond motifs is 1. The molecule has 0 aliphatic carbocycles. The topological polar surface area (TPSA) is 199 Å². The van der Waals surface area contributed by atoms with Crippen LogP contribution < -0.4 is 10.6 Å². The molecule has 244 valence electrons. The van der Waals surface area contributed by atoms with Gasteiger partial charge in [-0.1, -0.05) is 48.5 Å². The number of imidazole rings is 1. The van der Waals surface area contributed by atoms with Crippen LogP contribution in [-0.4, -0.2) is 74.3 Å². The first-order valence-corrected chi connectivity index (χ1v) is 14.3. The van der Waals surface area contributed by atoms with E-state index in [-0.39, 0.29) is 36.1 Å². The molecule has 0 bridgehead atoms. The molecule has 1 aliphatic heterocycles. The van der Waals surface area contributed by atoms with Crippen molar-refractivity contribution in [2.45, 2.75) is 51.9 Å². The summed E-state index contributed by atoms with van der Waals surface area (Å²) in [6.45, 7) is 3.16. The highest BCUT2D eigenvalue weighted by molar-refractivity contribution is 6.04. The zero-order chi connectivity index (χ0) is 33.5. The predicted octanol–water partition coefficient (Wildman–Crippen LogP) is 3.15. The number of anilines is 2. The molecule has 0 unspecified atom stereocenters. The fraction of sp³-hybridized carbons (Fsp3) is 0.290. The first-order chi connectivity index (χ1) is 22.6. The normalized spacial score (nSPS) is 18.6. The molecule has 2 aromatic carbocycles. The Morgan fingerprint density at radius 3 is 2.13 bits per heavy atom. The van der Waals surface area contributed by atoms with Crippen LogP contribution in [0.1, 0.15) is 42.9 Å². The molecule has 47 heavy (non-hydrogen) atoms. The Balaban J connectivity index is 1.53. The van der Waals surface area contributed by atoms with Gasteiger partial charge in [0.15, 0.2) is 35.4 Å². The van der Waals surface area contributed by atoms with Crippen molar-refractivity contribution in [1.82, 2.24) is 19.5 Å². The van der Waals surface area contributed by atoms with E-state index in [0.717, 1.165) is 19.4 Å². The summed E-state index contributed by atoms with van der Waals surface area (Å²) in [4.78, 5) is 74.7. The van der Waals surface area contributed by atoms with Crippen molar-refractivity contribution in [3.8, 4) is 0 Å². The van der Waals surface area contributed by atoms with Crippen LogP contribution in [0.15, 0.2) is 67.0 Å². The van der Waals surface area contributed by atoms with Crippen LogP contribution in [0.2, 0.25) is 0 Å². The van der Waals surface area contributed by atoms with Crippen LogP contribution in [-0.2, 0) is 44.7 Å². The van der Waals surface area contributed by atoms with Crippen LogP contribution in [0.4, 0.5) is 16.6 Å². The van der Waals surface area contributed by atoms with Gasteiger partial charge in [-0.3, -0.25) is 34.4 Å². The summed E-state index contributed by atoms with van der Waals surface area (Å²) in [7, 11) is 0. The van der Waals surface area contributed by atoms with Crippen LogP contribution in [0.3, 0.4) is 0 Å². The van der Waals surface area contributed by atoms with Crippen LogP contribution in [0.5, 0.6) is 0 Å². The Morgan fingerprint density at radius 2 is 1.47 bits per heavy atom. The number of hydrogen-bond acceptors (Lipinski definition) is 13. The highest BCUT2D eigenvalue weighted by atomic mass is 16.7. The minimum absolute atomic E-state index is 0.0265. The summed E-state index contributed by atoms with van der Waals surface area (Å²) in [5.74, 6) is -2.91. The number of carbonyl (C=O) groups is 5. The summed E-state index contributed by atoms with van der Waals surface area (Å²) in [6.07, 6.45) is -4.31. The lowest BCUT2D eigenvalue weighted by Crippen LogP contribution is -2.40. The van der Waals surface area contributed by atoms with Crippen molar-refractivity contribution in [2.24, 2.45) is 0 Å². The van der Waals surface area contributed by atoms with Crippen molar-refractivity contribution in [3.63, 3.8) is 0 Å². The van der Waals surface area contributed by atoms with E-state index < -0.39 is 54.4 Å². The number of esters is 3. The number of rotatable bonds is 10. The number of nitrogens with one attached hydrogen (secondary N) is 2. The number of nitrogens with zero attached hydrogens (tertiary/aromatic N) is 4. The number of amides is 2. The molecule has 2 amide bonds. The van der Waals surface area contributed by atoms with E-state index in [4.69, 9.17) is 23.7 Å². The molecule has 0 spiro atoms. The SMILES string of the molecule is CC(=O)OC[C@H]1O[C@@H](n2cnc3c(NC(=O)OCc4ccccc4)nc(NC(=O)c4ccccc4)nc32)[C@H](OC(C)=O)[C@@H]1OC(C)=O. The minimum Gasteiger partial charge on any atom is -0.463 e. The van der Waals surface area contributed by atoms with Gasteiger partial charge in [0.05, 0.1) is 6.33 Å². The lowest BCUT2D eigenvalue weighted by molar-refractivity contribution is -0.166. The molecule has 5 rings (SSSR count). The van der Waals surface area contributed by atoms with Gasteiger partial charge in [0, 0.05) is 26.3 Å². The summed E-state index contributed by atoms with van der Waals surface area (Å²) in [6, 6.07) is 17.3. The second-order valence-corrected chi connectivity index (χ2v) is 10.2. The van der Waals surface area contributed by atoms with Crippen LogP contribution in [0, 0.1) is 0 Å². The average Bonchev–Trinajstić information content (AvgIpc) is 3.60. The summed E-state index contributed by atoms with van der Waals surface area (Å²) in [5.41, 5.74) is 1.14. The molecule has 3 heterocycles. The van der Waals surface area contributed by atoms with Gasteiger partial charge < -0.3 is 23.7 Å². The molecule has 1 fully saturated rings. The van der Waals surface area contributed by atoms with E-state index >= 15 is 0 Å². The first kappa shape index (κ1) is 32.5. The van der Waals surface area contributed by atoms with Crippen LogP contribution >= 0.6 is 0 Å². The van der Waals surface area contributed by atoms with Gasteiger partial charge in [-0.2, -0.15) is 9.97 Å². The van der Waals surface area contributed by atoms with E-state index in [9.17, 15) is 24.0 Å². The van der Waals surface area contributed by atoms with Gasteiger partial charge in [-0.25, -0.2) is 9.78 Å². The monoisotopic (exact) mass is 646 g/mol. The van der Waals surface area contributed by atoms with E-state index in [1.807, 2.05) is 6.07 Å². The van der Waals surface area contributed by atoms with E-state index in [1.165, 1.54) is 17.8 Å².